The van der Waals surface area contributed by atoms with E-state index in [9.17, 15) is 39.6 Å². The van der Waals surface area contributed by atoms with Gasteiger partial charge in [-0.15, -0.1) is 0 Å². The second-order valence-electron chi connectivity index (χ2n) is 15.3. The molecule has 0 bridgehead atoms. The molecule has 2 amide bonds. The van der Waals surface area contributed by atoms with E-state index in [4.69, 9.17) is 30.4 Å². The minimum Gasteiger partial charge on any atom is -0.490 e. The van der Waals surface area contributed by atoms with Crippen LogP contribution in [0.25, 0.3) is 0 Å². The zero-order valence-corrected chi connectivity index (χ0v) is 33.0. The molecule has 1 aromatic heterocycles. The number of hydrogen-bond acceptors (Lipinski definition) is 15. The number of amides is 2. The Morgan fingerprint density at radius 3 is 2.29 bits per heavy atom. The number of aryl methyl sites for hydroxylation is 1. The Bertz CT molecular complexity index is 1970. The monoisotopic (exact) mass is 825 g/mol. The molecule has 0 aliphatic carbocycles. The zero-order valence-electron chi connectivity index (χ0n) is 33.0. The highest BCUT2D eigenvalue weighted by molar-refractivity contribution is 5.80. The Hall–Kier alpha value is -4.70. The van der Waals surface area contributed by atoms with Crippen molar-refractivity contribution in [3.63, 3.8) is 0 Å². The van der Waals surface area contributed by atoms with Crippen LogP contribution >= 0.6 is 0 Å². The van der Waals surface area contributed by atoms with E-state index >= 15 is 0 Å². The van der Waals surface area contributed by atoms with E-state index in [0.717, 1.165) is 59.8 Å². The van der Waals surface area contributed by atoms with Crippen molar-refractivity contribution >= 4 is 17.5 Å². The summed E-state index contributed by atoms with van der Waals surface area (Å²) in [6, 6.07) is 15.7. The molecule has 19 heteroatoms. The van der Waals surface area contributed by atoms with Crippen LogP contribution in [-0.2, 0) is 30.3 Å². The maximum Gasteiger partial charge on any atom is 0.330 e. The Morgan fingerprint density at radius 1 is 0.966 bits per heavy atom. The fourth-order valence-electron chi connectivity index (χ4n) is 7.74. The Morgan fingerprint density at radius 2 is 1.66 bits per heavy atom. The van der Waals surface area contributed by atoms with Crippen LogP contribution in [0.2, 0.25) is 0 Å². The number of aromatic amines is 1. The molecule has 10 atom stereocenters. The summed E-state index contributed by atoms with van der Waals surface area (Å²) in [5.74, 6) is -0.306. The molecule has 6 rings (SSSR count). The normalized spacial score (nSPS) is 27.2. The first-order chi connectivity index (χ1) is 28.2. The summed E-state index contributed by atoms with van der Waals surface area (Å²) in [6.07, 6.45) is -10.5. The van der Waals surface area contributed by atoms with Gasteiger partial charge in [0.05, 0.1) is 0 Å². The number of carbonyl (C=O) groups is 2. The van der Waals surface area contributed by atoms with E-state index in [0.29, 0.717) is 6.54 Å². The number of nitrogens with two attached hydrogens (primary N) is 2. The molecule has 10 N–H and O–H groups in total. The van der Waals surface area contributed by atoms with Crippen molar-refractivity contribution in [3.8, 4) is 5.75 Å². The number of ether oxygens (including phenoxy) is 4. The number of likely N-dealkylation sites (N-methyl/N-ethyl adjacent to an activating group) is 1. The highest BCUT2D eigenvalue weighted by Crippen LogP contribution is 2.35. The molecule has 3 aliphatic heterocycles. The number of hydrogen-bond donors (Lipinski definition) is 8. The van der Waals surface area contributed by atoms with Crippen molar-refractivity contribution in [1.82, 2.24) is 19.8 Å². The number of benzene rings is 2. The van der Waals surface area contributed by atoms with Gasteiger partial charge in [-0.2, -0.15) is 0 Å². The molecule has 3 saturated heterocycles. The fraction of sp³-hybridized carbons (Fsp3) is 0.550. The number of primary amides is 1. The first-order valence-corrected chi connectivity index (χ1v) is 19.8. The number of rotatable bonds is 17. The van der Waals surface area contributed by atoms with E-state index < -0.39 is 78.4 Å². The van der Waals surface area contributed by atoms with E-state index in [1.165, 1.54) is 17.5 Å². The number of carbonyl (C=O) groups excluding carboxylic acids is 2. The Kier molecular flexibility index (Phi) is 14.6. The molecule has 2 aromatic carbocycles. The summed E-state index contributed by atoms with van der Waals surface area (Å²) in [5.41, 5.74) is 13.1. The van der Waals surface area contributed by atoms with Gasteiger partial charge in [0.25, 0.3) is 5.56 Å². The standard InChI is InChI=1S/C40H55N7O12/c1-22-5-11-25(12-6-22)56-26-13-17-46(18-14-26)24-9-7-23(8-10-24)21-43-28(48)4-3-16-45(2)30(37(42)54)35(59-39-34(53)31(50)27(20-41)57-39)36-32(51)33(52)38(58-36)47-19-15-29(49)44-40(47)55/h5-12,15,19,26-27,30-36,38-39,50-53H,3-4,13-14,16-18,20-21,41H2,1-2H3,(H2,42,54)(H,43,48)(H,44,49,55)/t27-,30+,31-,32?,33-,34-,35+,36+,38-,39+/m1/s1. The molecule has 3 aromatic rings. The summed E-state index contributed by atoms with van der Waals surface area (Å²) in [6.45, 7) is 4.02. The lowest BCUT2D eigenvalue weighted by molar-refractivity contribution is -0.232. The maximum absolute atomic E-state index is 13.1. The first kappa shape index (κ1) is 43.9. The number of H-pyrrole nitrogens is 1. The number of nitrogens with zero attached hydrogens (tertiary/aromatic N) is 3. The van der Waals surface area contributed by atoms with Gasteiger partial charge in [-0.1, -0.05) is 29.8 Å². The molecular weight excluding hydrogens is 770 g/mol. The predicted octanol–water partition coefficient (Wildman–Crippen LogP) is -1.82. The molecule has 0 radical (unpaired) electrons. The fourth-order valence-corrected chi connectivity index (χ4v) is 7.74. The molecule has 4 heterocycles. The number of anilines is 1. The van der Waals surface area contributed by atoms with Crippen LogP contribution in [0.15, 0.2) is 70.4 Å². The molecule has 3 fully saturated rings. The topological polar surface area (TPSA) is 277 Å². The molecule has 322 valence electrons. The lowest BCUT2D eigenvalue weighted by Gasteiger charge is -2.37. The summed E-state index contributed by atoms with van der Waals surface area (Å²) >= 11 is 0. The van der Waals surface area contributed by atoms with E-state index in [-0.39, 0.29) is 37.9 Å². The van der Waals surface area contributed by atoms with E-state index in [1.807, 2.05) is 60.4 Å². The van der Waals surface area contributed by atoms with E-state index in [1.54, 1.807) is 0 Å². The molecule has 0 spiro atoms. The molecule has 3 aliphatic rings. The highest BCUT2D eigenvalue weighted by atomic mass is 16.7. The van der Waals surface area contributed by atoms with Crippen LogP contribution in [0.4, 0.5) is 5.69 Å². The van der Waals surface area contributed by atoms with Crippen LogP contribution in [-0.4, -0.2) is 141 Å². The van der Waals surface area contributed by atoms with Crippen molar-refractivity contribution in [3.05, 3.63) is 92.8 Å². The largest absolute Gasteiger partial charge is 0.490 e. The van der Waals surface area contributed by atoms with Crippen LogP contribution in [0.1, 0.15) is 43.0 Å². The van der Waals surface area contributed by atoms with Gasteiger partial charge in [0.1, 0.15) is 60.6 Å². The third kappa shape index (κ3) is 10.6. The summed E-state index contributed by atoms with van der Waals surface area (Å²) in [4.78, 5) is 56.1. The second-order valence-corrected chi connectivity index (χ2v) is 15.3. The van der Waals surface area contributed by atoms with Crippen molar-refractivity contribution in [1.29, 1.82) is 0 Å². The quantitative estimate of drug-likeness (QED) is 0.0745. The molecular formula is C40H55N7O12. The number of piperidine rings is 1. The minimum absolute atomic E-state index is 0.0757. The summed E-state index contributed by atoms with van der Waals surface area (Å²) < 4.78 is 24.6. The SMILES string of the molecule is Cc1ccc(OC2CCN(c3ccc(CNC(=O)CCCN(C)[C@H](C(N)=O)[C@H](O[C@@H]4O[C@H](CN)[C@@H](O)[C@H]4O)[C@H]4O[C@@H](n5ccc(=O)[nH]c5=O)[C@H](O)C4O)cc3)CC2)cc1. The first-order valence-electron chi connectivity index (χ1n) is 19.8. The average molecular weight is 826 g/mol. The van der Waals surface area contributed by atoms with Crippen molar-refractivity contribution in [2.75, 3.05) is 38.1 Å². The average Bonchev–Trinajstić information content (AvgIpc) is 3.66. The van der Waals surface area contributed by atoms with E-state index in [2.05, 4.69) is 10.2 Å². The van der Waals surface area contributed by atoms with Gasteiger partial charge in [0.2, 0.25) is 11.8 Å². The van der Waals surface area contributed by atoms with Gasteiger partial charge in [-0.25, -0.2) is 4.79 Å². The smallest absolute Gasteiger partial charge is 0.330 e. The summed E-state index contributed by atoms with van der Waals surface area (Å²) in [7, 11) is 1.52. The Balaban J connectivity index is 1.03. The zero-order chi connectivity index (χ0) is 42.4. The lowest BCUT2D eigenvalue weighted by Crippen LogP contribution is -2.59. The van der Waals surface area contributed by atoms with Gasteiger partial charge in [0, 0.05) is 63.4 Å². The molecule has 0 saturated carbocycles. The third-order valence-electron chi connectivity index (χ3n) is 11.1. The maximum atomic E-state index is 13.1. The summed E-state index contributed by atoms with van der Waals surface area (Å²) in [5, 5.41) is 46.3. The number of nitrogens with one attached hydrogen (secondary N) is 2. The highest BCUT2D eigenvalue weighted by Gasteiger charge is 2.54. The van der Waals surface area contributed by atoms with Gasteiger partial charge in [0.15, 0.2) is 12.5 Å². The second kappa shape index (κ2) is 19.6. The van der Waals surface area contributed by atoms with Gasteiger partial charge < -0.3 is 61.1 Å². The number of aromatic nitrogens is 2. The lowest BCUT2D eigenvalue weighted by atomic mass is 9.97. The van der Waals surface area contributed by atoms with Gasteiger partial charge >= 0.3 is 5.69 Å². The van der Waals surface area contributed by atoms with Crippen LogP contribution in [0, 0.1) is 6.92 Å². The molecule has 1 unspecified atom stereocenters. The van der Waals surface area contributed by atoms with Crippen molar-refractivity contribution in [2.45, 2.75) is 107 Å². The van der Waals surface area contributed by atoms with Gasteiger partial charge in [-0.3, -0.25) is 28.8 Å². The van der Waals surface area contributed by atoms with Gasteiger partial charge in [-0.05, 0) is 56.8 Å². The predicted molar refractivity (Wildman–Crippen MR) is 212 cm³/mol. The third-order valence-corrected chi connectivity index (χ3v) is 11.1. The number of aliphatic hydroxyl groups is 4. The van der Waals surface area contributed by atoms with Crippen molar-refractivity contribution in [2.24, 2.45) is 11.5 Å². The van der Waals surface area contributed by atoms with Crippen molar-refractivity contribution < 1.29 is 49.0 Å². The molecule has 19 nitrogen and oxygen atoms in total. The minimum atomic E-state index is -1.79. The van der Waals surface area contributed by atoms with Crippen LogP contribution < -0.4 is 37.7 Å². The van der Waals surface area contributed by atoms with Crippen LogP contribution in [0.3, 0.4) is 0 Å². The molecule has 59 heavy (non-hydrogen) atoms. The van der Waals surface area contributed by atoms with Crippen LogP contribution in [0.5, 0.6) is 5.75 Å². The Labute approximate surface area is 340 Å². The number of aliphatic hydroxyl groups excluding tert-OH is 4.